The average molecular weight is 485 g/mol. The minimum Gasteiger partial charge on any atom is -0.453 e. The predicted molar refractivity (Wildman–Crippen MR) is 128 cm³/mol. The summed E-state index contributed by atoms with van der Waals surface area (Å²) < 4.78 is 29.6. The van der Waals surface area contributed by atoms with Crippen LogP contribution < -0.4 is 0 Å². The molecule has 3 rings (SSSR count). The molecular weight excluding hydrogens is 452 g/mol. The molecule has 0 unspecified atom stereocenters. The van der Waals surface area contributed by atoms with E-state index in [0.29, 0.717) is 0 Å². The fourth-order valence-corrected chi connectivity index (χ4v) is 3.64. The van der Waals surface area contributed by atoms with Gasteiger partial charge in [-0.25, -0.2) is 0 Å². The van der Waals surface area contributed by atoms with Crippen molar-refractivity contribution in [1.29, 1.82) is 0 Å². The van der Waals surface area contributed by atoms with E-state index in [1.54, 1.807) is 25.3 Å². The largest absolute Gasteiger partial charge is 0.453 e. The normalized spacial score (nSPS) is 24.2. The zero-order valence-corrected chi connectivity index (χ0v) is 20.4. The molecular formula is C26H32N2O7. The molecule has 9 nitrogen and oxygen atoms in total. The molecule has 2 aromatic rings. The molecule has 0 bridgehead atoms. The lowest BCUT2D eigenvalue weighted by atomic mass is 9.98. The second-order valence-electron chi connectivity index (χ2n) is 8.29. The lowest BCUT2D eigenvalue weighted by molar-refractivity contribution is -0.294. The summed E-state index contributed by atoms with van der Waals surface area (Å²) in [4.78, 5) is 23.8. The molecule has 0 amide bonds. The number of ether oxygens (including phenoxy) is 5. The van der Waals surface area contributed by atoms with Gasteiger partial charge in [-0.2, -0.15) is 5.10 Å². The van der Waals surface area contributed by atoms with Gasteiger partial charge < -0.3 is 28.7 Å². The molecule has 0 aliphatic carbocycles. The minimum atomic E-state index is -1.20. The third-order valence-electron chi connectivity index (χ3n) is 5.13. The third-order valence-corrected chi connectivity index (χ3v) is 5.13. The number of esters is 2. The number of hydrogen-bond donors (Lipinski definition) is 0. The Bertz CT molecular complexity index is 968. The molecule has 35 heavy (non-hydrogen) atoms. The zero-order valence-electron chi connectivity index (χ0n) is 20.4. The molecule has 1 aliphatic heterocycles. The Hall–Kier alpha value is -3.27. The number of carbonyl (C=O) groups is 2. The first-order valence-corrected chi connectivity index (χ1v) is 11.4. The van der Waals surface area contributed by atoms with Gasteiger partial charge in [0.05, 0.1) is 19.4 Å². The number of benzene rings is 2. The van der Waals surface area contributed by atoms with E-state index in [1.165, 1.54) is 13.8 Å². The van der Waals surface area contributed by atoms with Crippen molar-refractivity contribution in [2.45, 2.75) is 57.8 Å². The Balaban J connectivity index is 1.95. The van der Waals surface area contributed by atoms with Gasteiger partial charge in [-0.05, 0) is 11.1 Å². The summed E-state index contributed by atoms with van der Waals surface area (Å²) in [7, 11) is 3.54. The van der Waals surface area contributed by atoms with Gasteiger partial charge in [0.1, 0.15) is 18.3 Å². The maximum atomic E-state index is 12.0. The van der Waals surface area contributed by atoms with Crippen molar-refractivity contribution in [2.75, 3.05) is 14.1 Å². The van der Waals surface area contributed by atoms with Crippen LogP contribution in [0.1, 0.15) is 25.0 Å². The molecule has 1 saturated heterocycles. The summed E-state index contributed by atoms with van der Waals surface area (Å²) >= 11 is 0. The summed E-state index contributed by atoms with van der Waals surface area (Å²) in [6, 6.07) is 19.2. The van der Waals surface area contributed by atoms with Crippen LogP contribution in [0.4, 0.5) is 0 Å². The number of rotatable bonds is 10. The van der Waals surface area contributed by atoms with Gasteiger partial charge in [-0.1, -0.05) is 60.7 Å². The molecule has 1 heterocycles. The van der Waals surface area contributed by atoms with Crippen molar-refractivity contribution in [3.8, 4) is 0 Å². The Morgan fingerprint density at radius 3 is 1.83 bits per heavy atom. The molecule has 0 radical (unpaired) electrons. The number of hydrogen-bond acceptors (Lipinski definition) is 9. The summed E-state index contributed by atoms with van der Waals surface area (Å²) in [5.41, 5.74) is 1.87. The van der Waals surface area contributed by atoms with Crippen molar-refractivity contribution in [1.82, 2.24) is 5.01 Å². The molecule has 188 valence electrons. The third kappa shape index (κ3) is 8.17. The van der Waals surface area contributed by atoms with Crippen LogP contribution in [0.15, 0.2) is 65.8 Å². The second-order valence-corrected chi connectivity index (χ2v) is 8.29. The van der Waals surface area contributed by atoms with Crippen LogP contribution in [0.5, 0.6) is 0 Å². The van der Waals surface area contributed by atoms with Gasteiger partial charge in [0.25, 0.3) is 0 Å². The summed E-state index contributed by atoms with van der Waals surface area (Å²) in [6.45, 7) is 3.02. The Kier molecular flexibility index (Phi) is 9.77. The van der Waals surface area contributed by atoms with Crippen LogP contribution in [0.25, 0.3) is 0 Å². The van der Waals surface area contributed by atoms with Crippen molar-refractivity contribution in [3.05, 3.63) is 71.8 Å². The molecule has 0 spiro atoms. The lowest BCUT2D eigenvalue weighted by Crippen LogP contribution is -2.61. The highest BCUT2D eigenvalue weighted by atomic mass is 16.7. The molecule has 0 aromatic heterocycles. The van der Waals surface area contributed by atoms with Crippen LogP contribution in [0, 0.1) is 0 Å². The van der Waals surface area contributed by atoms with Gasteiger partial charge in [0.2, 0.25) is 6.29 Å². The molecule has 9 heteroatoms. The van der Waals surface area contributed by atoms with Crippen molar-refractivity contribution >= 4 is 18.2 Å². The van der Waals surface area contributed by atoms with E-state index in [2.05, 4.69) is 5.10 Å². The quantitative estimate of drug-likeness (QED) is 0.289. The minimum absolute atomic E-state index is 0.221. The second kappa shape index (κ2) is 13.0. The van der Waals surface area contributed by atoms with Crippen molar-refractivity contribution in [3.63, 3.8) is 0 Å². The van der Waals surface area contributed by atoms with Crippen LogP contribution in [0.3, 0.4) is 0 Å². The van der Waals surface area contributed by atoms with E-state index < -0.39 is 42.6 Å². The number of hydrazone groups is 1. The van der Waals surface area contributed by atoms with Crippen LogP contribution in [0.2, 0.25) is 0 Å². The topological polar surface area (TPSA) is 95.9 Å². The van der Waals surface area contributed by atoms with Gasteiger partial charge >= 0.3 is 11.9 Å². The van der Waals surface area contributed by atoms with Crippen LogP contribution in [-0.4, -0.2) is 68.0 Å². The average Bonchev–Trinajstić information content (AvgIpc) is 2.82. The standard InChI is InChI=1S/C26H32N2O7/c1-18(29)33-25-24(32-17-21-13-9-6-10-14-21)23(31-16-20-11-7-5-8-12-20)22(15-27-28(3)4)35-26(25)34-19(2)30/h5-15,22-26H,16-17H2,1-4H3/b27-15-/t22-,23+,24+,25-,26-/m0/s1. The summed E-state index contributed by atoms with van der Waals surface area (Å²) in [5.74, 6) is -1.15. The highest BCUT2D eigenvalue weighted by Crippen LogP contribution is 2.30. The van der Waals surface area contributed by atoms with E-state index in [0.717, 1.165) is 11.1 Å². The Morgan fingerprint density at radius 1 is 0.829 bits per heavy atom. The molecule has 0 N–H and O–H groups in total. The molecule has 2 aromatic carbocycles. The SMILES string of the molecule is CC(=O)O[C@H]1O[C@@H](/C=N\N(C)C)[C@@H](OCc2ccccc2)[C@@H](OCc2ccccc2)[C@@H]1OC(C)=O. The zero-order chi connectivity index (χ0) is 25.2. The summed E-state index contributed by atoms with van der Waals surface area (Å²) in [5, 5.41) is 5.91. The number of nitrogens with zero attached hydrogens (tertiary/aromatic N) is 2. The first kappa shape index (κ1) is 26.3. The van der Waals surface area contributed by atoms with Crippen molar-refractivity contribution < 1.29 is 33.3 Å². The smallest absolute Gasteiger partial charge is 0.305 e. The van der Waals surface area contributed by atoms with Gasteiger partial charge in [0.15, 0.2) is 6.10 Å². The fraction of sp³-hybridized carbons (Fsp3) is 0.423. The molecule has 1 fully saturated rings. The first-order valence-electron chi connectivity index (χ1n) is 11.4. The predicted octanol–water partition coefficient (Wildman–Crippen LogP) is 2.92. The highest BCUT2D eigenvalue weighted by molar-refractivity contribution is 5.68. The van der Waals surface area contributed by atoms with Gasteiger partial charge in [0, 0.05) is 27.9 Å². The van der Waals surface area contributed by atoms with Crippen LogP contribution >= 0.6 is 0 Å². The molecule has 0 saturated carbocycles. The Labute approximate surface area is 205 Å². The first-order chi connectivity index (χ1) is 16.8. The Morgan fingerprint density at radius 2 is 1.34 bits per heavy atom. The van der Waals surface area contributed by atoms with E-state index >= 15 is 0 Å². The van der Waals surface area contributed by atoms with E-state index in [4.69, 9.17) is 23.7 Å². The van der Waals surface area contributed by atoms with Gasteiger partial charge in [-0.3, -0.25) is 9.59 Å². The highest BCUT2D eigenvalue weighted by Gasteiger charge is 2.50. The maximum absolute atomic E-state index is 12.0. The fourth-order valence-electron chi connectivity index (χ4n) is 3.64. The molecule has 1 aliphatic rings. The lowest BCUT2D eigenvalue weighted by Gasteiger charge is -2.43. The monoisotopic (exact) mass is 484 g/mol. The summed E-state index contributed by atoms with van der Waals surface area (Å²) in [6.07, 6.45) is -2.98. The van der Waals surface area contributed by atoms with E-state index in [9.17, 15) is 9.59 Å². The van der Waals surface area contributed by atoms with Crippen LogP contribution in [-0.2, 0) is 46.5 Å². The molecule has 5 atom stereocenters. The van der Waals surface area contributed by atoms with E-state index in [1.807, 2.05) is 60.7 Å². The van der Waals surface area contributed by atoms with Gasteiger partial charge in [-0.15, -0.1) is 0 Å². The maximum Gasteiger partial charge on any atom is 0.305 e. The van der Waals surface area contributed by atoms with Crippen molar-refractivity contribution in [2.24, 2.45) is 5.10 Å². The number of carbonyl (C=O) groups excluding carboxylic acids is 2. The van der Waals surface area contributed by atoms with E-state index in [-0.39, 0.29) is 13.2 Å².